The third kappa shape index (κ3) is 3.43. The van der Waals surface area contributed by atoms with E-state index in [1.807, 2.05) is 11.0 Å². The fraction of sp³-hybridized carbons (Fsp3) is 0.389. The Morgan fingerprint density at radius 1 is 1.21 bits per heavy atom. The zero-order valence-electron chi connectivity index (χ0n) is 14.0. The Morgan fingerprint density at radius 3 is 2.67 bits per heavy atom. The highest BCUT2D eigenvalue weighted by molar-refractivity contribution is 9.10. The molecule has 0 radical (unpaired) electrons. The van der Waals surface area contributed by atoms with Gasteiger partial charge in [0.15, 0.2) is 0 Å². The van der Waals surface area contributed by atoms with Crippen LogP contribution in [-0.2, 0) is 13.1 Å². The molecule has 1 aromatic carbocycles. The summed E-state index contributed by atoms with van der Waals surface area (Å²) >= 11 is 3.48. The van der Waals surface area contributed by atoms with Crippen molar-refractivity contribution in [3.63, 3.8) is 0 Å². The Labute approximate surface area is 150 Å². The molecule has 3 rings (SSSR count). The molecule has 5 nitrogen and oxygen atoms in total. The van der Waals surface area contributed by atoms with Crippen LogP contribution in [-0.4, -0.2) is 33.9 Å². The van der Waals surface area contributed by atoms with E-state index in [9.17, 15) is 4.79 Å². The van der Waals surface area contributed by atoms with E-state index in [0.29, 0.717) is 18.8 Å². The molecule has 0 N–H and O–H groups in total. The molecule has 0 atom stereocenters. The van der Waals surface area contributed by atoms with Crippen LogP contribution in [0.3, 0.4) is 0 Å². The standard InChI is InChI=1S/C18H21BrN4O/c1-3-7-22(4-2)17-10-20-16(9-21-17)18(24)23-11-13-5-6-15(19)8-14(13)12-23/h5-6,8-10H,3-4,7,11-12H2,1-2H3. The molecule has 0 bridgehead atoms. The van der Waals surface area contributed by atoms with Crippen molar-refractivity contribution < 1.29 is 4.79 Å². The Balaban J connectivity index is 1.72. The average molecular weight is 389 g/mol. The maximum atomic E-state index is 12.7. The number of amides is 1. The second-order valence-corrected chi connectivity index (χ2v) is 6.83. The van der Waals surface area contributed by atoms with Crippen molar-refractivity contribution in [2.24, 2.45) is 0 Å². The maximum Gasteiger partial charge on any atom is 0.274 e. The lowest BCUT2D eigenvalue weighted by molar-refractivity contribution is 0.0745. The lowest BCUT2D eigenvalue weighted by atomic mass is 10.1. The topological polar surface area (TPSA) is 49.3 Å². The summed E-state index contributed by atoms with van der Waals surface area (Å²) in [6.45, 7) is 7.30. The summed E-state index contributed by atoms with van der Waals surface area (Å²) in [5.41, 5.74) is 2.77. The Bertz CT molecular complexity index is 732. The molecule has 0 spiro atoms. The molecule has 0 unspecified atom stereocenters. The van der Waals surface area contributed by atoms with Crippen LogP contribution < -0.4 is 4.90 Å². The molecule has 0 saturated carbocycles. The van der Waals surface area contributed by atoms with E-state index in [4.69, 9.17) is 0 Å². The fourth-order valence-corrected chi connectivity index (χ4v) is 3.38. The third-order valence-corrected chi connectivity index (χ3v) is 4.73. The fourth-order valence-electron chi connectivity index (χ4n) is 2.97. The van der Waals surface area contributed by atoms with Crippen LogP contribution in [0.25, 0.3) is 0 Å². The molecule has 0 saturated heterocycles. The van der Waals surface area contributed by atoms with Crippen molar-refractivity contribution >= 4 is 27.7 Å². The summed E-state index contributed by atoms with van der Waals surface area (Å²) in [6, 6.07) is 6.14. The minimum atomic E-state index is -0.0695. The number of rotatable bonds is 5. The number of hydrogen-bond donors (Lipinski definition) is 0. The summed E-state index contributed by atoms with van der Waals surface area (Å²) in [5.74, 6) is 0.754. The predicted octanol–water partition coefficient (Wildman–Crippen LogP) is 3.63. The molecule has 0 aliphatic carbocycles. The molecule has 0 fully saturated rings. The van der Waals surface area contributed by atoms with E-state index in [1.54, 1.807) is 12.4 Å². The van der Waals surface area contributed by atoms with E-state index in [1.165, 1.54) is 11.1 Å². The lowest BCUT2D eigenvalue weighted by Gasteiger charge is -2.21. The highest BCUT2D eigenvalue weighted by Gasteiger charge is 2.25. The SMILES string of the molecule is CCCN(CC)c1cnc(C(=O)N2Cc3ccc(Br)cc3C2)cn1. The van der Waals surface area contributed by atoms with Crippen molar-refractivity contribution in [3.8, 4) is 0 Å². The monoisotopic (exact) mass is 388 g/mol. The van der Waals surface area contributed by atoms with E-state index in [0.717, 1.165) is 29.8 Å². The minimum absolute atomic E-state index is 0.0695. The van der Waals surface area contributed by atoms with Crippen LogP contribution in [0, 0.1) is 0 Å². The van der Waals surface area contributed by atoms with Gasteiger partial charge in [0.1, 0.15) is 11.5 Å². The van der Waals surface area contributed by atoms with E-state index < -0.39 is 0 Å². The van der Waals surface area contributed by atoms with Gasteiger partial charge in [-0.05, 0) is 36.6 Å². The summed E-state index contributed by atoms with van der Waals surface area (Å²) < 4.78 is 1.04. The van der Waals surface area contributed by atoms with E-state index in [2.05, 4.69) is 56.8 Å². The van der Waals surface area contributed by atoms with Gasteiger partial charge in [-0.3, -0.25) is 4.79 Å². The predicted molar refractivity (Wildman–Crippen MR) is 97.9 cm³/mol. The number of hydrogen-bond acceptors (Lipinski definition) is 4. The first kappa shape index (κ1) is 16.9. The summed E-state index contributed by atoms with van der Waals surface area (Å²) in [7, 11) is 0. The van der Waals surface area contributed by atoms with Gasteiger partial charge in [-0.2, -0.15) is 0 Å². The smallest absolute Gasteiger partial charge is 0.274 e. The number of fused-ring (bicyclic) bond motifs is 1. The molecule has 126 valence electrons. The molecular formula is C18H21BrN4O. The quantitative estimate of drug-likeness (QED) is 0.784. The van der Waals surface area contributed by atoms with Gasteiger partial charge in [-0.25, -0.2) is 9.97 Å². The molecule has 1 aromatic heterocycles. The van der Waals surface area contributed by atoms with Crippen molar-refractivity contribution in [1.29, 1.82) is 0 Å². The van der Waals surface area contributed by atoms with Crippen molar-refractivity contribution in [2.45, 2.75) is 33.4 Å². The van der Waals surface area contributed by atoms with Crippen LogP contribution in [0.1, 0.15) is 41.9 Å². The highest BCUT2D eigenvalue weighted by atomic mass is 79.9. The third-order valence-electron chi connectivity index (χ3n) is 4.23. The Hall–Kier alpha value is -1.95. The van der Waals surface area contributed by atoms with Crippen LogP contribution in [0.2, 0.25) is 0 Å². The van der Waals surface area contributed by atoms with Gasteiger partial charge in [0.05, 0.1) is 12.4 Å². The van der Waals surface area contributed by atoms with Crippen LogP contribution >= 0.6 is 15.9 Å². The van der Waals surface area contributed by atoms with Gasteiger partial charge >= 0.3 is 0 Å². The molecule has 1 aliphatic heterocycles. The van der Waals surface area contributed by atoms with Gasteiger partial charge in [-0.1, -0.05) is 28.9 Å². The number of aromatic nitrogens is 2. The molecule has 1 amide bonds. The summed E-state index contributed by atoms with van der Waals surface area (Å²) in [6.07, 6.45) is 4.35. The van der Waals surface area contributed by atoms with Gasteiger partial charge in [-0.15, -0.1) is 0 Å². The van der Waals surface area contributed by atoms with Crippen molar-refractivity contribution in [1.82, 2.24) is 14.9 Å². The minimum Gasteiger partial charge on any atom is -0.356 e. The van der Waals surface area contributed by atoms with Gasteiger partial charge < -0.3 is 9.80 Å². The number of halogens is 1. The first-order valence-corrected chi connectivity index (χ1v) is 9.05. The van der Waals surface area contributed by atoms with Crippen molar-refractivity contribution in [2.75, 3.05) is 18.0 Å². The number of carbonyl (C=O) groups excluding carboxylic acids is 1. The molecule has 2 heterocycles. The lowest BCUT2D eigenvalue weighted by Crippen LogP contribution is -2.28. The zero-order valence-corrected chi connectivity index (χ0v) is 15.6. The van der Waals surface area contributed by atoms with Gasteiger partial charge in [0, 0.05) is 30.7 Å². The number of benzene rings is 1. The largest absolute Gasteiger partial charge is 0.356 e. The zero-order chi connectivity index (χ0) is 17.1. The number of anilines is 1. The normalized spacial score (nSPS) is 13.0. The van der Waals surface area contributed by atoms with Crippen molar-refractivity contribution in [3.05, 3.63) is 51.9 Å². The molecule has 2 aromatic rings. The first-order chi connectivity index (χ1) is 11.6. The number of nitrogens with zero attached hydrogens (tertiary/aromatic N) is 4. The highest BCUT2D eigenvalue weighted by Crippen LogP contribution is 2.26. The maximum absolute atomic E-state index is 12.7. The molecule has 1 aliphatic rings. The second-order valence-electron chi connectivity index (χ2n) is 5.91. The first-order valence-electron chi connectivity index (χ1n) is 8.26. The Kier molecular flexibility index (Phi) is 5.14. The molecular weight excluding hydrogens is 368 g/mol. The van der Waals surface area contributed by atoms with E-state index in [-0.39, 0.29) is 5.91 Å². The Morgan fingerprint density at radius 2 is 2.00 bits per heavy atom. The van der Waals surface area contributed by atoms with Gasteiger partial charge in [0.2, 0.25) is 0 Å². The van der Waals surface area contributed by atoms with Crippen LogP contribution in [0.15, 0.2) is 35.1 Å². The van der Waals surface area contributed by atoms with E-state index >= 15 is 0 Å². The summed E-state index contributed by atoms with van der Waals surface area (Å²) in [4.78, 5) is 25.4. The van der Waals surface area contributed by atoms with Crippen LogP contribution in [0.5, 0.6) is 0 Å². The molecule has 24 heavy (non-hydrogen) atoms. The number of carbonyl (C=O) groups is 1. The molecule has 6 heteroatoms. The van der Waals surface area contributed by atoms with Gasteiger partial charge in [0.25, 0.3) is 5.91 Å². The van der Waals surface area contributed by atoms with Crippen LogP contribution in [0.4, 0.5) is 5.82 Å². The second kappa shape index (κ2) is 7.30. The summed E-state index contributed by atoms with van der Waals surface area (Å²) in [5, 5.41) is 0. The average Bonchev–Trinajstić information content (AvgIpc) is 3.02.